The van der Waals surface area contributed by atoms with Crippen molar-refractivity contribution in [1.29, 1.82) is 0 Å². The molecule has 136 valence electrons. The number of carbonyl (C=O) groups is 1. The Morgan fingerprint density at radius 2 is 2.08 bits per heavy atom. The van der Waals surface area contributed by atoms with Crippen molar-refractivity contribution in [3.8, 4) is 0 Å². The highest BCUT2D eigenvalue weighted by molar-refractivity contribution is 5.74. The van der Waals surface area contributed by atoms with Crippen molar-refractivity contribution in [2.45, 2.75) is 40.0 Å². The summed E-state index contributed by atoms with van der Waals surface area (Å²) in [6, 6.07) is 8.04. The van der Waals surface area contributed by atoms with E-state index in [1.165, 1.54) is 0 Å². The third-order valence-corrected chi connectivity index (χ3v) is 5.00. The molecule has 1 aromatic heterocycles. The van der Waals surface area contributed by atoms with E-state index in [0.717, 1.165) is 49.3 Å². The summed E-state index contributed by atoms with van der Waals surface area (Å²) in [6.45, 7) is 9.75. The monoisotopic (exact) mass is 343 g/mol. The van der Waals surface area contributed by atoms with Crippen LogP contribution in [0.4, 0.5) is 0 Å². The summed E-state index contributed by atoms with van der Waals surface area (Å²) in [5.41, 5.74) is 2.29. The molecular formula is C20H29N3O2. The first-order valence-corrected chi connectivity index (χ1v) is 9.18. The summed E-state index contributed by atoms with van der Waals surface area (Å²) in [5.74, 6) is 0.831. The van der Waals surface area contributed by atoms with Gasteiger partial charge in [0.15, 0.2) is 0 Å². The van der Waals surface area contributed by atoms with Gasteiger partial charge in [-0.2, -0.15) is 0 Å². The molecule has 2 aromatic rings. The maximum absolute atomic E-state index is 11.3. The summed E-state index contributed by atoms with van der Waals surface area (Å²) in [4.78, 5) is 21.9. The number of carboxylic acid groups (broad SMARTS) is 1. The Balaban J connectivity index is 1.75. The van der Waals surface area contributed by atoms with Crippen LogP contribution in [0.1, 0.15) is 39.4 Å². The van der Waals surface area contributed by atoms with E-state index in [1.807, 2.05) is 24.3 Å². The van der Waals surface area contributed by atoms with Gasteiger partial charge in [0.1, 0.15) is 5.82 Å². The van der Waals surface area contributed by atoms with Crippen LogP contribution in [0.3, 0.4) is 0 Å². The molecule has 25 heavy (non-hydrogen) atoms. The van der Waals surface area contributed by atoms with Crippen molar-refractivity contribution in [2.75, 3.05) is 19.6 Å². The van der Waals surface area contributed by atoms with Gasteiger partial charge in [0.05, 0.1) is 11.0 Å². The van der Waals surface area contributed by atoms with Crippen LogP contribution in [0.5, 0.6) is 0 Å². The van der Waals surface area contributed by atoms with Gasteiger partial charge in [-0.05, 0) is 42.3 Å². The quantitative estimate of drug-likeness (QED) is 0.871. The van der Waals surface area contributed by atoms with Crippen LogP contribution in [0.2, 0.25) is 0 Å². The van der Waals surface area contributed by atoms with Crippen LogP contribution in [0.25, 0.3) is 11.0 Å². The second-order valence-corrected chi connectivity index (χ2v) is 8.61. The number of hydrogen-bond acceptors (Lipinski definition) is 3. The van der Waals surface area contributed by atoms with Gasteiger partial charge >= 0.3 is 5.97 Å². The molecule has 1 aliphatic rings. The van der Waals surface area contributed by atoms with E-state index < -0.39 is 5.97 Å². The topological polar surface area (TPSA) is 69.2 Å². The molecule has 0 saturated carbocycles. The number of H-pyrrole nitrogens is 1. The molecule has 0 bridgehead atoms. The number of rotatable bonds is 5. The van der Waals surface area contributed by atoms with Crippen molar-refractivity contribution in [3.05, 3.63) is 30.1 Å². The van der Waals surface area contributed by atoms with E-state index in [9.17, 15) is 9.90 Å². The lowest BCUT2D eigenvalue weighted by Crippen LogP contribution is -2.45. The molecule has 0 amide bonds. The number of imidazole rings is 1. The maximum atomic E-state index is 11.3. The number of benzene rings is 1. The number of piperidine rings is 1. The van der Waals surface area contributed by atoms with Gasteiger partial charge in [0.25, 0.3) is 0 Å². The van der Waals surface area contributed by atoms with Crippen molar-refractivity contribution < 1.29 is 9.90 Å². The summed E-state index contributed by atoms with van der Waals surface area (Å²) >= 11 is 0. The predicted molar refractivity (Wildman–Crippen MR) is 99.5 cm³/mol. The summed E-state index contributed by atoms with van der Waals surface area (Å²) in [6.07, 6.45) is 2.02. The smallest absolute Gasteiger partial charge is 0.303 e. The Morgan fingerprint density at radius 3 is 2.76 bits per heavy atom. The third kappa shape index (κ3) is 4.82. The molecule has 5 heteroatoms. The number of likely N-dealkylation sites (tertiary alicyclic amines) is 1. The number of nitrogens with zero attached hydrogens (tertiary/aromatic N) is 2. The molecule has 1 aliphatic heterocycles. The lowest BCUT2D eigenvalue weighted by molar-refractivity contribution is -0.139. The number of fused-ring (bicyclic) bond motifs is 1. The van der Waals surface area contributed by atoms with Gasteiger partial charge < -0.3 is 15.0 Å². The van der Waals surface area contributed by atoms with E-state index in [0.29, 0.717) is 5.92 Å². The molecule has 2 heterocycles. The zero-order chi connectivity index (χ0) is 18.0. The molecule has 0 spiro atoms. The Kier molecular flexibility index (Phi) is 5.13. The Bertz CT molecular complexity index is 699. The minimum absolute atomic E-state index is 0.224. The Labute approximate surface area is 149 Å². The van der Waals surface area contributed by atoms with Gasteiger partial charge in [0.2, 0.25) is 0 Å². The van der Waals surface area contributed by atoms with Crippen LogP contribution < -0.4 is 0 Å². The molecule has 1 saturated heterocycles. The minimum atomic E-state index is -0.691. The van der Waals surface area contributed by atoms with Crippen molar-refractivity contribution in [2.24, 2.45) is 17.3 Å². The van der Waals surface area contributed by atoms with Crippen molar-refractivity contribution in [1.82, 2.24) is 14.9 Å². The van der Waals surface area contributed by atoms with Crippen molar-refractivity contribution >= 4 is 17.0 Å². The highest BCUT2D eigenvalue weighted by Crippen LogP contribution is 2.31. The third-order valence-electron chi connectivity index (χ3n) is 5.00. The largest absolute Gasteiger partial charge is 0.481 e. The maximum Gasteiger partial charge on any atom is 0.303 e. The zero-order valence-electron chi connectivity index (χ0n) is 15.5. The highest BCUT2D eigenvalue weighted by Gasteiger charge is 2.32. The molecular weight excluding hydrogens is 314 g/mol. The van der Waals surface area contributed by atoms with E-state index in [-0.39, 0.29) is 17.8 Å². The van der Waals surface area contributed by atoms with E-state index >= 15 is 0 Å². The molecule has 2 unspecified atom stereocenters. The first kappa shape index (κ1) is 17.9. The fraction of sp³-hybridized carbons (Fsp3) is 0.600. The van der Waals surface area contributed by atoms with Crippen LogP contribution in [-0.2, 0) is 11.2 Å². The lowest BCUT2D eigenvalue weighted by Gasteiger charge is -2.40. The standard InChI is InChI=1S/C20H29N3O2/c1-20(2,3)13-23-9-8-14(11-19(24)25)15(12-23)10-18-21-16-6-4-5-7-17(16)22-18/h4-7,14-15H,8-13H2,1-3H3,(H,21,22)(H,24,25). The first-order chi connectivity index (χ1) is 11.8. The lowest BCUT2D eigenvalue weighted by atomic mass is 9.80. The summed E-state index contributed by atoms with van der Waals surface area (Å²) in [5, 5.41) is 9.28. The molecule has 3 rings (SSSR count). The SMILES string of the molecule is CC(C)(C)CN1CCC(CC(=O)O)C(Cc2nc3ccccc3[nH]2)C1. The summed E-state index contributed by atoms with van der Waals surface area (Å²) in [7, 11) is 0. The number of hydrogen-bond donors (Lipinski definition) is 2. The van der Waals surface area contributed by atoms with Crippen LogP contribution in [-0.4, -0.2) is 45.6 Å². The van der Waals surface area contributed by atoms with Gasteiger partial charge in [-0.25, -0.2) is 4.98 Å². The van der Waals surface area contributed by atoms with E-state index in [4.69, 9.17) is 4.98 Å². The molecule has 2 N–H and O–H groups in total. The van der Waals surface area contributed by atoms with Crippen molar-refractivity contribution in [3.63, 3.8) is 0 Å². The summed E-state index contributed by atoms with van der Waals surface area (Å²) < 4.78 is 0. The normalized spacial score (nSPS) is 22.4. The fourth-order valence-electron chi connectivity index (χ4n) is 4.05. The fourth-order valence-corrected chi connectivity index (χ4v) is 4.05. The zero-order valence-corrected chi connectivity index (χ0v) is 15.5. The average Bonchev–Trinajstić information content (AvgIpc) is 2.90. The van der Waals surface area contributed by atoms with Gasteiger partial charge in [-0.15, -0.1) is 0 Å². The molecule has 2 atom stereocenters. The van der Waals surface area contributed by atoms with Crippen LogP contribution in [0, 0.1) is 17.3 Å². The Hall–Kier alpha value is -1.88. The van der Waals surface area contributed by atoms with E-state index in [1.54, 1.807) is 0 Å². The van der Waals surface area contributed by atoms with Crippen LogP contribution in [0.15, 0.2) is 24.3 Å². The molecule has 1 fully saturated rings. The van der Waals surface area contributed by atoms with Gasteiger partial charge in [-0.3, -0.25) is 4.79 Å². The minimum Gasteiger partial charge on any atom is -0.481 e. The number of carboxylic acids is 1. The molecule has 5 nitrogen and oxygen atoms in total. The predicted octanol–water partition coefficient (Wildman–Crippen LogP) is 3.56. The number of para-hydroxylation sites is 2. The highest BCUT2D eigenvalue weighted by atomic mass is 16.4. The number of nitrogens with one attached hydrogen (secondary N) is 1. The number of aromatic nitrogens is 2. The van der Waals surface area contributed by atoms with E-state index in [2.05, 4.69) is 30.7 Å². The second-order valence-electron chi connectivity index (χ2n) is 8.61. The molecule has 0 aliphatic carbocycles. The van der Waals surface area contributed by atoms with Gasteiger partial charge in [-0.1, -0.05) is 32.9 Å². The first-order valence-electron chi connectivity index (χ1n) is 9.18. The number of aromatic amines is 1. The second kappa shape index (κ2) is 7.16. The molecule has 0 radical (unpaired) electrons. The Morgan fingerprint density at radius 1 is 1.32 bits per heavy atom. The van der Waals surface area contributed by atoms with Gasteiger partial charge in [0, 0.05) is 25.9 Å². The number of aliphatic carboxylic acids is 1. The average molecular weight is 343 g/mol. The van der Waals surface area contributed by atoms with Crippen LogP contribution >= 0.6 is 0 Å². The molecule has 1 aromatic carbocycles.